The predicted octanol–water partition coefficient (Wildman–Crippen LogP) is 1.47. The van der Waals surface area contributed by atoms with Crippen LogP contribution in [0.4, 0.5) is 0 Å². The SMILES string of the molecule is Cc1cnc(CN2CC3(CCC2=O)CCN(C(C)C(=O)N(C)C)CC3)cn1. The Bertz CT molecular complexity index is 680. The van der Waals surface area contributed by atoms with E-state index in [1.165, 1.54) is 0 Å². The summed E-state index contributed by atoms with van der Waals surface area (Å²) in [5, 5.41) is 0. The fourth-order valence-electron chi connectivity index (χ4n) is 4.27. The number of rotatable bonds is 4. The highest BCUT2D eigenvalue weighted by atomic mass is 16.2. The van der Waals surface area contributed by atoms with E-state index in [1.54, 1.807) is 17.3 Å². The Balaban J connectivity index is 1.61. The van der Waals surface area contributed by atoms with Gasteiger partial charge in [-0.2, -0.15) is 0 Å². The van der Waals surface area contributed by atoms with Crippen LogP contribution in [0, 0.1) is 12.3 Å². The summed E-state index contributed by atoms with van der Waals surface area (Å²) in [4.78, 5) is 39.3. The molecule has 1 aromatic rings. The van der Waals surface area contributed by atoms with Crippen LogP contribution in [0.25, 0.3) is 0 Å². The number of likely N-dealkylation sites (tertiary alicyclic amines) is 2. The maximum absolute atomic E-state index is 12.4. The summed E-state index contributed by atoms with van der Waals surface area (Å²) >= 11 is 0. The number of nitrogens with zero attached hydrogens (tertiary/aromatic N) is 5. The van der Waals surface area contributed by atoms with Crippen molar-refractivity contribution < 1.29 is 9.59 Å². The molecule has 3 heterocycles. The average Bonchev–Trinajstić information content (AvgIpc) is 2.66. The van der Waals surface area contributed by atoms with Gasteiger partial charge >= 0.3 is 0 Å². The van der Waals surface area contributed by atoms with Gasteiger partial charge in [-0.15, -0.1) is 0 Å². The lowest BCUT2D eigenvalue weighted by molar-refractivity contribution is -0.141. The van der Waals surface area contributed by atoms with Crippen molar-refractivity contribution in [3.05, 3.63) is 23.8 Å². The van der Waals surface area contributed by atoms with Gasteiger partial charge in [0.05, 0.1) is 30.2 Å². The summed E-state index contributed by atoms with van der Waals surface area (Å²) in [6.45, 7) is 7.04. The summed E-state index contributed by atoms with van der Waals surface area (Å²) in [6, 6.07) is -0.0819. The second-order valence-corrected chi connectivity index (χ2v) is 8.34. The van der Waals surface area contributed by atoms with Crippen LogP contribution in [0.15, 0.2) is 12.4 Å². The molecule has 1 spiro atoms. The molecule has 0 aromatic carbocycles. The number of aromatic nitrogens is 2. The summed E-state index contributed by atoms with van der Waals surface area (Å²) in [5.41, 5.74) is 1.89. The molecule has 1 atom stereocenters. The van der Waals surface area contributed by atoms with Crippen molar-refractivity contribution in [1.29, 1.82) is 0 Å². The van der Waals surface area contributed by atoms with Crippen molar-refractivity contribution in [1.82, 2.24) is 24.7 Å². The molecule has 2 aliphatic heterocycles. The molecule has 0 N–H and O–H groups in total. The molecule has 2 aliphatic rings. The van der Waals surface area contributed by atoms with Crippen molar-refractivity contribution in [2.75, 3.05) is 33.7 Å². The third kappa shape index (κ3) is 4.46. The van der Waals surface area contributed by atoms with Crippen LogP contribution in [0.5, 0.6) is 0 Å². The quantitative estimate of drug-likeness (QED) is 0.799. The minimum absolute atomic E-state index is 0.0819. The van der Waals surface area contributed by atoms with E-state index in [4.69, 9.17) is 0 Å². The number of amides is 2. The smallest absolute Gasteiger partial charge is 0.239 e. The molecule has 7 nitrogen and oxygen atoms in total. The molecule has 0 saturated carbocycles. The summed E-state index contributed by atoms with van der Waals surface area (Å²) < 4.78 is 0. The molecule has 1 aromatic heterocycles. The zero-order chi connectivity index (χ0) is 19.6. The Hall–Kier alpha value is -2.02. The highest BCUT2D eigenvalue weighted by Crippen LogP contribution is 2.41. The maximum atomic E-state index is 12.4. The van der Waals surface area contributed by atoms with Crippen molar-refractivity contribution in [3.8, 4) is 0 Å². The predicted molar refractivity (Wildman–Crippen MR) is 103 cm³/mol. The van der Waals surface area contributed by atoms with E-state index in [9.17, 15) is 9.59 Å². The minimum atomic E-state index is -0.0819. The highest BCUT2D eigenvalue weighted by molar-refractivity contribution is 5.81. The third-order valence-electron chi connectivity index (χ3n) is 6.14. The van der Waals surface area contributed by atoms with Crippen molar-refractivity contribution in [2.24, 2.45) is 5.41 Å². The van der Waals surface area contributed by atoms with Crippen LogP contribution >= 0.6 is 0 Å². The molecule has 1 unspecified atom stereocenters. The summed E-state index contributed by atoms with van der Waals surface area (Å²) in [7, 11) is 3.62. The van der Waals surface area contributed by atoms with Gasteiger partial charge in [0.15, 0.2) is 0 Å². The molecule has 2 saturated heterocycles. The van der Waals surface area contributed by atoms with Gasteiger partial charge in [0.25, 0.3) is 0 Å². The minimum Gasteiger partial charge on any atom is -0.347 e. The topological polar surface area (TPSA) is 69.6 Å². The molecule has 7 heteroatoms. The summed E-state index contributed by atoms with van der Waals surface area (Å²) in [6.07, 6.45) is 7.13. The Morgan fingerprint density at radius 1 is 1.22 bits per heavy atom. The van der Waals surface area contributed by atoms with E-state index in [1.807, 2.05) is 32.8 Å². The Labute approximate surface area is 161 Å². The molecular formula is C20H31N5O2. The number of likely N-dealkylation sites (N-methyl/N-ethyl adjacent to an activating group) is 1. The molecule has 148 valence electrons. The fraction of sp³-hybridized carbons (Fsp3) is 0.700. The first kappa shape index (κ1) is 19.7. The number of piperidine rings is 2. The molecule has 0 radical (unpaired) electrons. The number of hydrogen-bond acceptors (Lipinski definition) is 5. The van der Waals surface area contributed by atoms with Gasteiger partial charge in [-0.1, -0.05) is 0 Å². The number of hydrogen-bond donors (Lipinski definition) is 0. The Morgan fingerprint density at radius 3 is 2.52 bits per heavy atom. The lowest BCUT2D eigenvalue weighted by atomic mass is 9.72. The van der Waals surface area contributed by atoms with Crippen LogP contribution in [0.3, 0.4) is 0 Å². The lowest BCUT2D eigenvalue weighted by Crippen LogP contribution is -2.54. The first-order chi connectivity index (χ1) is 12.8. The zero-order valence-corrected chi connectivity index (χ0v) is 16.9. The second-order valence-electron chi connectivity index (χ2n) is 8.34. The Kier molecular flexibility index (Phi) is 5.79. The molecule has 27 heavy (non-hydrogen) atoms. The molecular weight excluding hydrogens is 342 g/mol. The normalized spacial score (nSPS) is 21.3. The monoisotopic (exact) mass is 373 g/mol. The van der Waals surface area contributed by atoms with Crippen molar-refractivity contribution in [3.63, 3.8) is 0 Å². The first-order valence-electron chi connectivity index (χ1n) is 9.80. The molecule has 2 amide bonds. The van der Waals surface area contributed by atoms with Crippen LogP contribution in [-0.4, -0.2) is 76.3 Å². The van der Waals surface area contributed by atoms with E-state index in [2.05, 4.69) is 14.9 Å². The average molecular weight is 374 g/mol. The van der Waals surface area contributed by atoms with Gasteiger partial charge < -0.3 is 9.80 Å². The third-order valence-corrected chi connectivity index (χ3v) is 6.14. The van der Waals surface area contributed by atoms with E-state index >= 15 is 0 Å². The number of aryl methyl sites for hydroxylation is 1. The van der Waals surface area contributed by atoms with Gasteiger partial charge in [-0.25, -0.2) is 0 Å². The van der Waals surface area contributed by atoms with E-state index in [0.29, 0.717) is 13.0 Å². The van der Waals surface area contributed by atoms with Gasteiger partial charge in [-0.3, -0.25) is 24.5 Å². The first-order valence-corrected chi connectivity index (χ1v) is 9.80. The van der Waals surface area contributed by atoms with Gasteiger partial charge in [0.2, 0.25) is 11.8 Å². The van der Waals surface area contributed by atoms with E-state index in [0.717, 1.165) is 50.3 Å². The molecule has 2 fully saturated rings. The lowest BCUT2D eigenvalue weighted by Gasteiger charge is -2.48. The molecule has 0 aliphatic carbocycles. The van der Waals surface area contributed by atoms with Crippen molar-refractivity contribution in [2.45, 2.75) is 52.1 Å². The number of carbonyl (C=O) groups is 2. The van der Waals surface area contributed by atoms with Crippen LogP contribution in [0.1, 0.15) is 44.0 Å². The maximum Gasteiger partial charge on any atom is 0.239 e. The number of carbonyl (C=O) groups excluding carboxylic acids is 2. The van der Waals surface area contributed by atoms with E-state index < -0.39 is 0 Å². The van der Waals surface area contributed by atoms with Crippen LogP contribution in [0.2, 0.25) is 0 Å². The van der Waals surface area contributed by atoms with Crippen LogP contribution in [-0.2, 0) is 16.1 Å². The zero-order valence-electron chi connectivity index (χ0n) is 16.9. The van der Waals surface area contributed by atoms with E-state index in [-0.39, 0.29) is 23.3 Å². The Morgan fingerprint density at radius 2 is 1.93 bits per heavy atom. The fourth-order valence-corrected chi connectivity index (χ4v) is 4.27. The highest BCUT2D eigenvalue weighted by Gasteiger charge is 2.42. The van der Waals surface area contributed by atoms with Crippen LogP contribution < -0.4 is 0 Å². The second kappa shape index (κ2) is 7.92. The largest absolute Gasteiger partial charge is 0.347 e. The van der Waals surface area contributed by atoms with Gasteiger partial charge in [0, 0.05) is 33.3 Å². The van der Waals surface area contributed by atoms with Crippen molar-refractivity contribution >= 4 is 11.8 Å². The van der Waals surface area contributed by atoms with Gasteiger partial charge in [0.1, 0.15) is 0 Å². The van der Waals surface area contributed by atoms with Gasteiger partial charge in [-0.05, 0) is 51.6 Å². The molecule has 0 bridgehead atoms. The molecule has 3 rings (SSSR count). The standard InChI is InChI=1S/C20H31N5O2/c1-15-11-22-17(12-21-15)13-25-14-20(6-5-18(25)26)7-9-24(10-8-20)16(2)19(27)23(3)4/h11-12,16H,5-10,13-14H2,1-4H3. The summed E-state index contributed by atoms with van der Waals surface area (Å²) in [5.74, 6) is 0.367.